The molecule has 0 spiro atoms. The first-order valence-corrected chi connectivity index (χ1v) is 8.83. The SMILES string of the molecule is COc1ccc(Br)cc1/C=N\NC(=O)CNc1ccc2ccccc2c1. The lowest BCUT2D eigenvalue weighted by Gasteiger charge is -2.07. The molecular formula is C20H18BrN3O2. The van der Waals surface area contributed by atoms with Gasteiger partial charge < -0.3 is 10.1 Å². The molecule has 0 bridgehead atoms. The zero-order chi connectivity index (χ0) is 18.4. The van der Waals surface area contributed by atoms with Crippen molar-refractivity contribution in [1.82, 2.24) is 5.43 Å². The summed E-state index contributed by atoms with van der Waals surface area (Å²) in [5.74, 6) is 0.448. The number of methoxy groups -OCH3 is 1. The minimum absolute atomic E-state index is 0.130. The molecule has 1 amide bonds. The van der Waals surface area contributed by atoms with Crippen LogP contribution in [0.15, 0.2) is 70.2 Å². The number of carbonyl (C=O) groups excluding carboxylic acids is 1. The van der Waals surface area contributed by atoms with Crippen molar-refractivity contribution < 1.29 is 9.53 Å². The molecule has 0 aromatic heterocycles. The lowest BCUT2D eigenvalue weighted by molar-refractivity contribution is -0.119. The molecule has 2 N–H and O–H groups in total. The predicted octanol–water partition coefficient (Wildman–Crippen LogP) is 4.17. The Hall–Kier alpha value is -2.86. The predicted molar refractivity (Wildman–Crippen MR) is 109 cm³/mol. The van der Waals surface area contributed by atoms with Crippen LogP contribution in [0.3, 0.4) is 0 Å². The molecule has 26 heavy (non-hydrogen) atoms. The number of nitrogens with one attached hydrogen (secondary N) is 2. The van der Waals surface area contributed by atoms with Gasteiger partial charge in [-0.15, -0.1) is 0 Å². The van der Waals surface area contributed by atoms with Gasteiger partial charge in [0.15, 0.2) is 0 Å². The first kappa shape index (κ1) is 17.9. The third-order valence-corrected chi connectivity index (χ3v) is 4.28. The molecule has 0 unspecified atom stereocenters. The second kappa shape index (κ2) is 8.49. The minimum atomic E-state index is -0.233. The molecule has 3 aromatic carbocycles. The number of anilines is 1. The van der Waals surface area contributed by atoms with Gasteiger partial charge in [0.25, 0.3) is 5.91 Å². The van der Waals surface area contributed by atoms with Gasteiger partial charge in [0, 0.05) is 15.7 Å². The van der Waals surface area contributed by atoms with Crippen molar-refractivity contribution in [2.24, 2.45) is 5.10 Å². The van der Waals surface area contributed by atoms with Gasteiger partial charge in [-0.2, -0.15) is 5.10 Å². The molecule has 6 heteroatoms. The van der Waals surface area contributed by atoms with E-state index in [1.807, 2.05) is 54.6 Å². The summed E-state index contributed by atoms with van der Waals surface area (Å²) in [6.07, 6.45) is 1.55. The van der Waals surface area contributed by atoms with Crippen molar-refractivity contribution in [3.8, 4) is 5.75 Å². The van der Waals surface area contributed by atoms with Crippen molar-refractivity contribution in [3.05, 3.63) is 70.7 Å². The number of ether oxygens (including phenoxy) is 1. The van der Waals surface area contributed by atoms with Gasteiger partial charge in [0.05, 0.1) is 19.9 Å². The molecule has 0 aliphatic carbocycles. The lowest BCUT2D eigenvalue weighted by atomic mass is 10.1. The lowest BCUT2D eigenvalue weighted by Crippen LogP contribution is -2.25. The van der Waals surface area contributed by atoms with E-state index in [1.54, 1.807) is 13.3 Å². The molecule has 0 atom stereocenters. The van der Waals surface area contributed by atoms with Gasteiger partial charge in [0.2, 0.25) is 0 Å². The van der Waals surface area contributed by atoms with E-state index in [9.17, 15) is 4.79 Å². The quantitative estimate of drug-likeness (QED) is 0.472. The Labute approximate surface area is 160 Å². The second-order valence-corrected chi connectivity index (χ2v) is 6.51. The summed E-state index contributed by atoms with van der Waals surface area (Å²) in [5.41, 5.74) is 4.16. The molecule has 3 rings (SSSR count). The summed E-state index contributed by atoms with van der Waals surface area (Å²) in [4.78, 5) is 12.0. The Morgan fingerprint density at radius 1 is 1.12 bits per heavy atom. The topological polar surface area (TPSA) is 62.7 Å². The molecule has 0 aliphatic rings. The molecule has 0 radical (unpaired) electrons. The third-order valence-electron chi connectivity index (χ3n) is 3.79. The third kappa shape index (κ3) is 4.61. The van der Waals surface area contributed by atoms with Gasteiger partial charge in [-0.3, -0.25) is 4.79 Å². The Morgan fingerprint density at radius 2 is 1.92 bits per heavy atom. The Bertz CT molecular complexity index is 957. The van der Waals surface area contributed by atoms with Gasteiger partial charge in [-0.25, -0.2) is 5.43 Å². The molecular weight excluding hydrogens is 394 g/mol. The van der Waals surface area contributed by atoms with Crippen molar-refractivity contribution in [2.75, 3.05) is 19.0 Å². The maximum absolute atomic E-state index is 12.0. The van der Waals surface area contributed by atoms with Crippen molar-refractivity contribution in [2.45, 2.75) is 0 Å². The van der Waals surface area contributed by atoms with Crippen LogP contribution in [-0.2, 0) is 4.79 Å². The van der Waals surface area contributed by atoms with Gasteiger partial charge in [0.1, 0.15) is 5.75 Å². The highest BCUT2D eigenvalue weighted by molar-refractivity contribution is 9.10. The monoisotopic (exact) mass is 411 g/mol. The maximum atomic E-state index is 12.0. The largest absolute Gasteiger partial charge is 0.496 e. The Kier molecular flexibility index (Phi) is 5.86. The van der Waals surface area contributed by atoms with Crippen LogP contribution in [0, 0.1) is 0 Å². The van der Waals surface area contributed by atoms with Crippen LogP contribution in [0.1, 0.15) is 5.56 Å². The van der Waals surface area contributed by atoms with Crippen LogP contribution in [0.5, 0.6) is 5.75 Å². The molecule has 0 saturated heterocycles. The van der Waals surface area contributed by atoms with E-state index in [0.29, 0.717) is 5.75 Å². The number of carbonyl (C=O) groups is 1. The summed E-state index contributed by atoms with van der Waals surface area (Å²) in [5, 5.41) is 9.37. The summed E-state index contributed by atoms with van der Waals surface area (Å²) in [7, 11) is 1.59. The van der Waals surface area contributed by atoms with Crippen molar-refractivity contribution in [1.29, 1.82) is 0 Å². The summed E-state index contributed by atoms with van der Waals surface area (Å²) < 4.78 is 6.17. The number of hydrogen-bond donors (Lipinski definition) is 2. The summed E-state index contributed by atoms with van der Waals surface area (Å²) in [6.45, 7) is 0.130. The van der Waals surface area contributed by atoms with E-state index < -0.39 is 0 Å². The number of halogens is 1. The van der Waals surface area contributed by atoms with Crippen molar-refractivity contribution >= 4 is 44.5 Å². The second-order valence-electron chi connectivity index (χ2n) is 5.59. The fraction of sp³-hybridized carbons (Fsp3) is 0.100. The average molecular weight is 412 g/mol. The maximum Gasteiger partial charge on any atom is 0.259 e. The van der Waals surface area contributed by atoms with Crippen LogP contribution in [-0.4, -0.2) is 25.8 Å². The molecule has 132 valence electrons. The van der Waals surface area contributed by atoms with E-state index in [2.05, 4.69) is 37.8 Å². The van der Waals surface area contributed by atoms with Gasteiger partial charge >= 0.3 is 0 Å². The Balaban J connectivity index is 1.56. The molecule has 5 nitrogen and oxygen atoms in total. The normalized spacial score (nSPS) is 10.8. The van der Waals surface area contributed by atoms with Gasteiger partial charge in [-0.05, 0) is 41.1 Å². The van der Waals surface area contributed by atoms with E-state index in [-0.39, 0.29) is 12.5 Å². The summed E-state index contributed by atoms with van der Waals surface area (Å²) >= 11 is 3.40. The average Bonchev–Trinajstić information content (AvgIpc) is 2.66. The molecule has 3 aromatic rings. The minimum Gasteiger partial charge on any atom is -0.496 e. The molecule has 0 saturated carbocycles. The number of nitrogens with zero attached hydrogens (tertiary/aromatic N) is 1. The fourth-order valence-electron chi connectivity index (χ4n) is 2.50. The standard InChI is InChI=1S/C20H18BrN3O2/c1-26-19-9-7-17(21)10-16(19)12-23-24-20(25)13-22-18-8-6-14-4-2-3-5-15(14)11-18/h2-12,22H,13H2,1H3,(H,24,25)/b23-12-. The van der Waals surface area contributed by atoms with Crippen LogP contribution < -0.4 is 15.5 Å². The highest BCUT2D eigenvalue weighted by Crippen LogP contribution is 2.21. The van der Waals surface area contributed by atoms with Crippen LogP contribution >= 0.6 is 15.9 Å². The van der Waals surface area contributed by atoms with Gasteiger partial charge in [-0.1, -0.05) is 46.3 Å². The zero-order valence-corrected chi connectivity index (χ0v) is 15.8. The number of rotatable bonds is 6. The smallest absolute Gasteiger partial charge is 0.259 e. The van der Waals surface area contributed by atoms with E-state index in [0.717, 1.165) is 26.5 Å². The van der Waals surface area contributed by atoms with E-state index in [4.69, 9.17) is 4.74 Å². The number of hydrogen-bond acceptors (Lipinski definition) is 4. The van der Waals surface area contributed by atoms with E-state index in [1.165, 1.54) is 0 Å². The highest BCUT2D eigenvalue weighted by atomic mass is 79.9. The number of hydrazone groups is 1. The van der Waals surface area contributed by atoms with E-state index >= 15 is 0 Å². The van der Waals surface area contributed by atoms with Crippen LogP contribution in [0.25, 0.3) is 10.8 Å². The molecule has 0 aliphatic heterocycles. The highest BCUT2D eigenvalue weighted by Gasteiger charge is 2.03. The molecule has 0 heterocycles. The first-order chi connectivity index (χ1) is 12.7. The zero-order valence-electron chi connectivity index (χ0n) is 14.2. The molecule has 0 fully saturated rings. The Morgan fingerprint density at radius 3 is 2.73 bits per heavy atom. The number of amides is 1. The van der Waals surface area contributed by atoms with Crippen LogP contribution in [0.4, 0.5) is 5.69 Å². The first-order valence-electron chi connectivity index (χ1n) is 8.04. The fourth-order valence-corrected chi connectivity index (χ4v) is 2.88. The van der Waals surface area contributed by atoms with Crippen LogP contribution in [0.2, 0.25) is 0 Å². The van der Waals surface area contributed by atoms with Crippen molar-refractivity contribution in [3.63, 3.8) is 0 Å². The number of fused-ring (bicyclic) bond motifs is 1. The summed E-state index contributed by atoms with van der Waals surface area (Å²) in [6, 6.07) is 19.6. The number of benzene rings is 3.